The van der Waals surface area contributed by atoms with Crippen molar-refractivity contribution in [1.29, 1.82) is 0 Å². The molecular weight excluding hydrogens is 240 g/mol. The van der Waals surface area contributed by atoms with Crippen LogP contribution in [0.4, 0.5) is 0 Å². The van der Waals surface area contributed by atoms with Gasteiger partial charge in [-0.2, -0.15) is 0 Å². The van der Waals surface area contributed by atoms with E-state index in [1.807, 2.05) is 0 Å². The van der Waals surface area contributed by atoms with Gasteiger partial charge in [0.25, 0.3) is 0 Å². The number of methoxy groups -OCH3 is 1. The number of unbranched alkanes of at least 4 members (excludes halogenated alkanes) is 2. The first-order chi connectivity index (χ1) is 8.10. The van der Waals surface area contributed by atoms with Crippen LogP contribution in [0, 0.1) is 0 Å². The highest BCUT2D eigenvalue weighted by molar-refractivity contribution is 7.91. The Labute approximate surface area is 102 Å². The quantitative estimate of drug-likeness (QED) is 0.755. The summed E-state index contributed by atoms with van der Waals surface area (Å²) in [5.41, 5.74) is 0. The van der Waals surface area contributed by atoms with E-state index in [0.717, 1.165) is 6.42 Å². The monoisotopic (exact) mass is 258 g/mol. The molecule has 0 heterocycles. The van der Waals surface area contributed by atoms with Crippen LogP contribution >= 0.6 is 0 Å². The lowest BCUT2D eigenvalue weighted by molar-refractivity contribution is 0.284. The van der Waals surface area contributed by atoms with Gasteiger partial charge in [0, 0.05) is 6.61 Å². The predicted molar refractivity (Wildman–Crippen MR) is 66.0 cm³/mol. The molecule has 0 spiro atoms. The largest absolute Gasteiger partial charge is 0.497 e. The van der Waals surface area contributed by atoms with Crippen LogP contribution in [0.25, 0.3) is 0 Å². The van der Waals surface area contributed by atoms with Gasteiger partial charge in [0.2, 0.25) is 0 Å². The minimum Gasteiger partial charge on any atom is -0.497 e. The predicted octanol–water partition coefficient (Wildman–Crippen LogP) is 1.63. The third kappa shape index (κ3) is 4.36. The Hall–Kier alpha value is -1.07. The molecule has 0 aliphatic heterocycles. The van der Waals surface area contributed by atoms with Crippen LogP contribution in [0.15, 0.2) is 29.2 Å². The third-order valence-electron chi connectivity index (χ3n) is 2.49. The molecule has 0 fully saturated rings. The van der Waals surface area contributed by atoms with Crippen molar-refractivity contribution in [2.45, 2.75) is 24.2 Å². The van der Waals surface area contributed by atoms with Gasteiger partial charge in [-0.15, -0.1) is 0 Å². The molecule has 0 unspecified atom stereocenters. The molecule has 0 saturated heterocycles. The van der Waals surface area contributed by atoms with Crippen molar-refractivity contribution in [3.05, 3.63) is 24.3 Å². The molecule has 1 N–H and O–H groups in total. The Balaban J connectivity index is 2.62. The zero-order valence-electron chi connectivity index (χ0n) is 9.93. The summed E-state index contributed by atoms with van der Waals surface area (Å²) in [6.07, 6.45) is 1.96. The van der Waals surface area contributed by atoms with Gasteiger partial charge in [-0.05, 0) is 37.1 Å². The molecule has 5 heteroatoms. The average Bonchev–Trinajstić information content (AvgIpc) is 2.35. The first kappa shape index (κ1) is 14.0. The van der Waals surface area contributed by atoms with Crippen molar-refractivity contribution < 1.29 is 18.3 Å². The Morgan fingerprint density at radius 3 is 2.29 bits per heavy atom. The van der Waals surface area contributed by atoms with Gasteiger partial charge >= 0.3 is 0 Å². The highest BCUT2D eigenvalue weighted by Gasteiger charge is 2.13. The molecule has 1 rings (SSSR count). The van der Waals surface area contributed by atoms with E-state index in [1.54, 1.807) is 31.4 Å². The second-order valence-corrected chi connectivity index (χ2v) is 5.89. The van der Waals surface area contributed by atoms with Crippen molar-refractivity contribution in [3.63, 3.8) is 0 Å². The smallest absolute Gasteiger partial charge is 0.178 e. The van der Waals surface area contributed by atoms with Crippen molar-refractivity contribution in [2.75, 3.05) is 19.5 Å². The average molecular weight is 258 g/mol. The third-order valence-corrected chi connectivity index (χ3v) is 4.31. The summed E-state index contributed by atoms with van der Waals surface area (Å²) >= 11 is 0. The molecule has 17 heavy (non-hydrogen) atoms. The Morgan fingerprint density at radius 1 is 1.12 bits per heavy atom. The lowest BCUT2D eigenvalue weighted by Crippen LogP contribution is -2.07. The van der Waals surface area contributed by atoms with E-state index in [1.165, 1.54) is 0 Å². The summed E-state index contributed by atoms with van der Waals surface area (Å²) < 4.78 is 28.8. The number of rotatable bonds is 7. The second kappa shape index (κ2) is 6.61. The van der Waals surface area contributed by atoms with E-state index in [9.17, 15) is 8.42 Å². The van der Waals surface area contributed by atoms with Crippen LogP contribution in [-0.2, 0) is 9.84 Å². The molecular formula is C12H18O4S. The van der Waals surface area contributed by atoms with E-state index in [4.69, 9.17) is 9.84 Å². The molecule has 1 aromatic carbocycles. The lowest BCUT2D eigenvalue weighted by Gasteiger charge is -2.05. The molecule has 0 aliphatic carbocycles. The maximum atomic E-state index is 11.9. The molecule has 0 bridgehead atoms. The molecule has 0 atom stereocenters. The van der Waals surface area contributed by atoms with Crippen LogP contribution in [0.3, 0.4) is 0 Å². The van der Waals surface area contributed by atoms with Crippen molar-refractivity contribution in [1.82, 2.24) is 0 Å². The van der Waals surface area contributed by atoms with Gasteiger partial charge in [-0.3, -0.25) is 0 Å². The summed E-state index contributed by atoms with van der Waals surface area (Å²) in [5, 5.41) is 8.61. The molecule has 4 nitrogen and oxygen atoms in total. The van der Waals surface area contributed by atoms with Gasteiger partial charge in [0.1, 0.15) is 5.75 Å². The minimum atomic E-state index is -3.20. The summed E-state index contributed by atoms with van der Waals surface area (Å²) in [4.78, 5) is 0.322. The first-order valence-corrected chi connectivity index (χ1v) is 7.23. The fraction of sp³-hybridized carbons (Fsp3) is 0.500. The van der Waals surface area contributed by atoms with Crippen molar-refractivity contribution in [3.8, 4) is 5.75 Å². The zero-order valence-corrected chi connectivity index (χ0v) is 10.7. The van der Waals surface area contributed by atoms with E-state index in [0.29, 0.717) is 23.5 Å². The highest BCUT2D eigenvalue weighted by atomic mass is 32.2. The summed E-state index contributed by atoms with van der Waals surface area (Å²) in [6, 6.07) is 6.39. The Morgan fingerprint density at radius 2 is 1.76 bits per heavy atom. The van der Waals surface area contributed by atoms with Crippen LogP contribution in [0.2, 0.25) is 0 Å². The fourth-order valence-corrected chi connectivity index (χ4v) is 2.85. The Bertz CT molecular complexity index is 422. The fourth-order valence-electron chi connectivity index (χ4n) is 1.48. The maximum absolute atomic E-state index is 11.9. The van der Waals surface area contributed by atoms with E-state index in [2.05, 4.69) is 0 Å². The van der Waals surface area contributed by atoms with Crippen LogP contribution in [0.5, 0.6) is 5.75 Å². The number of aliphatic hydroxyl groups is 1. The number of hydrogen-bond acceptors (Lipinski definition) is 4. The maximum Gasteiger partial charge on any atom is 0.178 e. The zero-order chi connectivity index (χ0) is 12.7. The summed E-state index contributed by atoms with van der Waals surface area (Å²) in [6.45, 7) is 0.114. The van der Waals surface area contributed by atoms with E-state index < -0.39 is 9.84 Å². The number of hydrogen-bond donors (Lipinski definition) is 1. The van der Waals surface area contributed by atoms with Crippen molar-refractivity contribution in [2.24, 2.45) is 0 Å². The molecule has 0 amide bonds. The Kier molecular flexibility index (Phi) is 5.44. The molecule has 1 aromatic rings. The van der Waals surface area contributed by atoms with Crippen molar-refractivity contribution >= 4 is 9.84 Å². The van der Waals surface area contributed by atoms with Gasteiger partial charge in [0.15, 0.2) is 9.84 Å². The number of sulfone groups is 1. The molecule has 0 saturated carbocycles. The SMILES string of the molecule is COc1ccc(S(=O)(=O)CCCCCO)cc1. The van der Waals surface area contributed by atoms with Crippen LogP contribution in [-0.4, -0.2) is 33.0 Å². The topological polar surface area (TPSA) is 63.6 Å². The van der Waals surface area contributed by atoms with E-state index >= 15 is 0 Å². The lowest BCUT2D eigenvalue weighted by atomic mass is 10.3. The first-order valence-electron chi connectivity index (χ1n) is 5.58. The normalized spacial score (nSPS) is 11.4. The number of ether oxygens (including phenoxy) is 1. The molecule has 0 aromatic heterocycles. The van der Waals surface area contributed by atoms with Crippen LogP contribution < -0.4 is 4.74 Å². The second-order valence-electron chi connectivity index (χ2n) is 3.78. The number of aliphatic hydroxyl groups excluding tert-OH is 1. The van der Waals surface area contributed by atoms with E-state index in [-0.39, 0.29) is 12.4 Å². The van der Waals surface area contributed by atoms with Gasteiger partial charge < -0.3 is 9.84 Å². The highest BCUT2D eigenvalue weighted by Crippen LogP contribution is 2.17. The summed E-state index contributed by atoms with van der Waals surface area (Å²) in [5.74, 6) is 0.767. The van der Waals surface area contributed by atoms with Gasteiger partial charge in [-0.25, -0.2) is 8.42 Å². The molecule has 96 valence electrons. The van der Waals surface area contributed by atoms with Gasteiger partial charge in [-0.1, -0.05) is 6.42 Å². The minimum absolute atomic E-state index is 0.114. The van der Waals surface area contributed by atoms with Gasteiger partial charge in [0.05, 0.1) is 17.8 Å². The molecule has 0 radical (unpaired) electrons. The molecule has 0 aliphatic rings. The van der Waals surface area contributed by atoms with Crippen LogP contribution in [0.1, 0.15) is 19.3 Å². The standard InChI is InChI=1S/C12H18O4S/c1-16-11-5-7-12(8-6-11)17(14,15)10-4-2-3-9-13/h5-8,13H,2-4,9-10H2,1H3. The summed E-state index contributed by atoms with van der Waals surface area (Å²) in [7, 11) is -1.66. The number of benzene rings is 1.